The highest BCUT2D eigenvalue weighted by atomic mass is 16.4. The lowest BCUT2D eigenvalue weighted by molar-refractivity contribution is 0.0697. The van der Waals surface area contributed by atoms with Crippen molar-refractivity contribution >= 4 is 5.97 Å². The molecule has 0 saturated carbocycles. The molecular weight excluding hydrogens is 266 g/mol. The highest BCUT2D eigenvalue weighted by Gasteiger charge is 2.05. The van der Waals surface area contributed by atoms with E-state index in [1.54, 1.807) is 18.3 Å². The van der Waals surface area contributed by atoms with Gasteiger partial charge in [0.1, 0.15) is 5.82 Å². The lowest BCUT2D eigenvalue weighted by Crippen LogP contribution is -2.21. The van der Waals surface area contributed by atoms with Crippen LogP contribution in [0.5, 0.6) is 0 Å². The number of aromatic nitrogens is 2. The molecule has 21 heavy (non-hydrogen) atoms. The minimum Gasteiger partial charge on any atom is -0.478 e. The molecule has 0 unspecified atom stereocenters. The van der Waals surface area contributed by atoms with Crippen LogP contribution in [0, 0.1) is 5.92 Å². The van der Waals surface area contributed by atoms with Gasteiger partial charge in [-0.25, -0.2) is 9.78 Å². The first-order valence-electron chi connectivity index (χ1n) is 7.09. The number of rotatable bonds is 7. The number of aromatic carboxylic acids is 1. The Hall–Kier alpha value is -2.14. The number of hydrogen-bond acceptors (Lipinski definition) is 3. The fourth-order valence-electron chi connectivity index (χ4n) is 2.07. The molecule has 0 fully saturated rings. The number of carboxylic acid groups (broad SMARTS) is 1. The molecular formula is C16H21N3O2. The number of carbonyl (C=O) groups is 1. The molecule has 0 bridgehead atoms. The summed E-state index contributed by atoms with van der Waals surface area (Å²) in [6, 6.07) is 6.94. The van der Waals surface area contributed by atoms with Gasteiger partial charge >= 0.3 is 5.97 Å². The van der Waals surface area contributed by atoms with E-state index in [4.69, 9.17) is 5.11 Å². The van der Waals surface area contributed by atoms with Crippen molar-refractivity contribution < 1.29 is 9.90 Å². The van der Waals surface area contributed by atoms with Gasteiger partial charge in [-0.05, 0) is 30.2 Å². The monoisotopic (exact) mass is 287 g/mol. The molecule has 2 rings (SSSR count). The molecule has 0 atom stereocenters. The molecule has 0 spiro atoms. The Morgan fingerprint density at radius 1 is 1.33 bits per heavy atom. The number of hydrogen-bond donors (Lipinski definition) is 2. The maximum Gasteiger partial charge on any atom is 0.335 e. The van der Waals surface area contributed by atoms with Crippen LogP contribution in [-0.4, -0.2) is 27.2 Å². The Kier molecular flexibility index (Phi) is 5.11. The van der Waals surface area contributed by atoms with E-state index in [0.29, 0.717) is 18.0 Å². The van der Waals surface area contributed by atoms with Crippen molar-refractivity contribution in [1.82, 2.24) is 14.9 Å². The third-order valence-electron chi connectivity index (χ3n) is 3.19. The van der Waals surface area contributed by atoms with Crippen LogP contribution >= 0.6 is 0 Å². The number of nitrogens with one attached hydrogen (secondary N) is 1. The van der Waals surface area contributed by atoms with Crippen molar-refractivity contribution in [2.75, 3.05) is 6.54 Å². The highest BCUT2D eigenvalue weighted by molar-refractivity contribution is 5.87. The summed E-state index contributed by atoms with van der Waals surface area (Å²) in [6.07, 6.45) is 3.73. The van der Waals surface area contributed by atoms with Gasteiger partial charge in [0.15, 0.2) is 0 Å². The van der Waals surface area contributed by atoms with Gasteiger partial charge < -0.3 is 15.0 Å². The lowest BCUT2D eigenvalue weighted by atomic mass is 10.1. The molecule has 2 N–H and O–H groups in total. The molecule has 1 aromatic heterocycles. The van der Waals surface area contributed by atoms with Crippen molar-refractivity contribution in [3.63, 3.8) is 0 Å². The first-order chi connectivity index (χ1) is 10.1. The molecule has 0 aliphatic heterocycles. The van der Waals surface area contributed by atoms with Crippen molar-refractivity contribution in [3.05, 3.63) is 53.6 Å². The Morgan fingerprint density at radius 2 is 2.05 bits per heavy atom. The molecule has 0 radical (unpaired) electrons. The zero-order valence-electron chi connectivity index (χ0n) is 12.4. The van der Waals surface area contributed by atoms with Gasteiger partial charge in [-0.3, -0.25) is 0 Å². The number of nitrogens with zero attached hydrogens (tertiary/aromatic N) is 2. The van der Waals surface area contributed by atoms with E-state index in [2.05, 4.69) is 28.7 Å². The van der Waals surface area contributed by atoms with Crippen LogP contribution in [0.25, 0.3) is 0 Å². The van der Waals surface area contributed by atoms with Crippen LogP contribution in [0.4, 0.5) is 0 Å². The summed E-state index contributed by atoms with van der Waals surface area (Å²) in [6.45, 7) is 6.73. The Labute approximate surface area is 124 Å². The molecule has 1 heterocycles. The second-order valence-electron chi connectivity index (χ2n) is 5.50. The fourth-order valence-corrected chi connectivity index (χ4v) is 2.07. The van der Waals surface area contributed by atoms with E-state index in [9.17, 15) is 4.79 Å². The molecule has 5 nitrogen and oxygen atoms in total. The summed E-state index contributed by atoms with van der Waals surface area (Å²) in [5.74, 6) is 0.692. The maximum absolute atomic E-state index is 10.8. The van der Waals surface area contributed by atoms with Crippen molar-refractivity contribution in [1.29, 1.82) is 0 Å². The summed E-state index contributed by atoms with van der Waals surface area (Å²) in [7, 11) is 0. The van der Waals surface area contributed by atoms with Gasteiger partial charge in [0.25, 0.3) is 0 Å². The second-order valence-corrected chi connectivity index (χ2v) is 5.50. The van der Waals surface area contributed by atoms with Crippen LogP contribution < -0.4 is 5.32 Å². The van der Waals surface area contributed by atoms with E-state index in [1.165, 1.54) is 0 Å². The first kappa shape index (κ1) is 15.3. The van der Waals surface area contributed by atoms with Gasteiger partial charge in [0.05, 0.1) is 12.1 Å². The molecule has 0 saturated heterocycles. The molecule has 0 aliphatic rings. The molecule has 5 heteroatoms. The van der Waals surface area contributed by atoms with Gasteiger partial charge in [-0.15, -0.1) is 0 Å². The zero-order chi connectivity index (χ0) is 15.2. The van der Waals surface area contributed by atoms with E-state index >= 15 is 0 Å². The summed E-state index contributed by atoms with van der Waals surface area (Å²) >= 11 is 0. The smallest absolute Gasteiger partial charge is 0.335 e. The summed E-state index contributed by atoms with van der Waals surface area (Å²) in [5, 5.41) is 12.3. The van der Waals surface area contributed by atoms with E-state index in [-0.39, 0.29) is 0 Å². The van der Waals surface area contributed by atoms with Crippen molar-refractivity contribution in [2.24, 2.45) is 5.92 Å². The average molecular weight is 287 g/mol. The standard InChI is InChI=1S/C16H21N3O2/c1-12(2)9-17-10-15-18-7-8-19(15)11-13-3-5-14(6-4-13)16(20)21/h3-8,12,17H,9-11H2,1-2H3,(H,20,21). The van der Waals surface area contributed by atoms with E-state index < -0.39 is 5.97 Å². The Morgan fingerprint density at radius 3 is 2.67 bits per heavy atom. The minimum absolute atomic E-state index is 0.309. The second kappa shape index (κ2) is 7.04. The van der Waals surface area contributed by atoms with Crippen LogP contribution in [0.3, 0.4) is 0 Å². The minimum atomic E-state index is -0.900. The van der Waals surface area contributed by atoms with E-state index in [0.717, 1.165) is 24.5 Å². The van der Waals surface area contributed by atoms with Gasteiger partial charge in [-0.2, -0.15) is 0 Å². The SMILES string of the molecule is CC(C)CNCc1nccn1Cc1ccc(C(=O)O)cc1. The molecule has 112 valence electrons. The highest BCUT2D eigenvalue weighted by Crippen LogP contribution is 2.08. The molecule has 1 aromatic carbocycles. The maximum atomic E-state index is 10.8. The predicted molar refractivity (Wildman–Crippen MR) is 81.3 cm³/mol. The third kappa shape index (κ3) is 4.43. The molecule has 0 amide bonds. The van der Waals surface area contributed by atoms with Crippen LogP contribution in [0.1, 0.15) is 35.6 Å². The average Bonchev–Trinajstić information content (AvgIpc) is 2.86. The largest absolute Gasteiger partial charge is 0.478 e. The molecule has 2 aromatic rings. The van der Waals surface area contributed by atoms with Crippen molar-refractivity contribution in [3.8, 4) is 0 Å². The zero-order valence-corrected chi connectivity index (χ0v) is 12.4. The van der Waals surface area contributed by atoms with Crippen LogP contribution in [0.15, 0.2) is 36.7 Å². The predicted octanol–water partition coefficient (Wildman–Crippen LogP) is 2.38. The number of imidazole rings is 1. The Balaban J connectivity index is 1.99. The lowest BCUT2D eigenvalue weighted by Gasteiger charge is -2.10. The van der Waals surface area contributed by atoms with Gasteiger partial charge in [0.2, 0.25) is 0 Å². The molecule has 0 aliphatic carbocycles. The third-order valence-corrected chi connectivity index (χ3v) is 3.19. The fraction of sp³-hybridized carbons (Fsp3) is 0.375. The van der Waals surface area contributed by atoms with Crippen LogP contribution in [0.2, 0.25) is 0 Å². The number of carboxylic acids is 1. The first-order valence-corrected chi connectivity index (χ1v) is 7.09. The summed E-state index contributed by atoms with van der Waals surface area (Å²) in [4.78, 5) is 15.2. The van der Waals surface area contributed by atoms with Crippen molar-refractivity contribution in [2.45, 2.75) is 26.9 Å². The number of benzene rings is 1. The summed E-state index contributed by atoms with van der Waals surface area (Å²) < 4.78 is 2.07. The summed E-state index contributed by atoms with van der Waals surface area (Å²) in [5.41, 5.74) is 1.37. The van der Waals surface area contributed by atoms with Gasteiger partial charge in [-0.1, -0.05) is 26.0 Å². The van der Waals surface area contributed by atoms with Crippen LogP contribution in [-0.2, 0) is 13.1 Å². The topological polar surface area (TPSA) is 67.2 Å². The normalized spacial score (nSPS) is 11.0. The Bertz CT molecular complexity index is 588. The van der Waals surface area contributed by atoms with Gasteiger partial charge in [0, 0.05) is 18.9 Å². The van der Waals surface area contributed by atoms with E-state index in [1.807, 2.05) is 18.3 Å². The quantitative estimate of drug-likeness (QED) is 0.820.